The third-order valence-corrected chi connectivity index (χ3v) is 4.39. The highest BCUT2D eigenvalue weighted by Crippen LogP contribution is 2.31. The molecule has 5 nitrogen and oxygen atoms in total. The van der Waals surface area contributed by atoms with E-state index in [4.69, 9.17) is 4.74 Å². The first kappa shape index (κ1) is 15.5. The minimum absolute atomic E-state index is 0.0818. The van der Waals surface area contributed by atoms with Gasteiger partial charge in [0, 0.05) is 31.1 Å². The summed E-state index contributed by atoms with van der Waals surface area (Å²) in [7, 11) is 2.15. The van der Waals surface area contributed by atoms with Gasteiger partial charge in [-0.2, -0.15) is 0 Å². The zero-order chi connectivity index (χ0) is 16.2. The van der Waals surface area contributed by atoms with E-state index in [1.165, 1.54) is 23.3 Å². The van der Waals surface area contributed by atoms with Crippen LogP contribution in [0.15, 0.2) is 48.5 Å². The summed E-state index contributed by atoms with van der Waals surface area (Å²) in [5.41, 5.74) is 2.89. The Hall–Kier alpha value is -2.40. The van der Waals surface area contributed by atoms with Gasteiger partial charge in [-0.25, -0.2) is 0 Å². The summed E-state index contributed by atoms with van der Waals surface area (Å²) in [6.45, 7) is 1.64. The van der Waals surface area contributed by atoms with Crippen molar-refractivity contribution in [3.05, 3.63) is 69.8 Å². The van der Waals surface area contributed by atoms with Crippen LogP contribution in [0.2, 0.25) is 0 Å². The van der Waals surface area contributed by atoms with E-state index >= 15 is 0 Å². The molecular weight excluding hydrogens is 292 g/mol. The van der Waals surface area contributed by atoms with Gasteiger partial charge >= 0.3 is 0 Å². The normalized spacial score (nSPS) is 17.5. The minimum atomic E-state index is -0.405. The molecule has 0 bridgehead atoms. The molecule has 1 aliphatic heterocycles. The number of hydrogen-bond donors (Lipinski definition) is 0. The average molecular weight is 312 g/mol. The summed E-state index contributed by atoms with van der Waals surface area (Å²) >= 11 is 0. The lowest BCUT2D eigenvalue weighted by atomic mass is 9.91. The van der Waals surface area contributed by atoms with Crippen molar-refractivity contribution in [2.24, 2.45) is 0 Å². The monoisotopic (exact) mass is 312 g/mol. The molecule has 1 atom stereocenters. The van der Waals surface area contributed by atoms with E-state index < -0.39 is 4.92 Å². The Kier molecular flexibility index (Phi) is 4.57. The van der Waals surface area contributed by atoms with Gasteiger partial charge in [-0.15, -0.1) is 0 Å². The third kappa shape index (κ3) is 3.51. The molecule has 0 aromatic heterocycles. The van der Waals surface area contributed by atoms with Crippen molar-refractivity contribution in [3.8, 4) is 5.75 Å². The molecule has 2 aromatic carbocycles. The van der Waals surface area contributed by atoms with Crippen molar-refractivity contribution in [2.45, 2.75) is 18.9 Å². The van der Waals surface area contributed by atoms with E-state index in [0.717, 1.165) is 19.4 Å². The number of ether oxygens (including phenoxy) is 1. The van der Waals surface area contributed by atoms with Crippen molar-refractivity contribution in [1.82, 2.24) is 4.90 Å². The molecule has 0 aliphatic carbocycles. The van der Waals surface area contributed by atoms with E-state index in [1.807, 2.05) is 0 Å². The first-order chi connectivity index (χ1) is 11.1. The van der Waals surface area contributed by atoms with E-state index in [1.54, 1.807) is 12.1 Å². The van der Waals surface area contributed by atoms with Crippen LogP contribution in [0.25, 0.3) is 0 Å². The van der Waals surface area contributed by atoms with Crippen molar-refractivity contribution in [2.75, 3.05) is 20.2 Å². The molecule has 0 saturated carbocycles. The summed E-state index contributed by atoms with van der Waals surface area (Å²) in [5.74, 6) is 0.669. The quantitative estimate of drug-likeness (QED) is 0.625. The molecule has 1 aliphatic rings. The minimum Gasteiger partial charge on any atom is -0.494 e. The summed E-state index contributed by atoms with van der Waals surface area (Å²) < 4.78 is 5.76. The standard InChI is InChI=1S/C18H20N2O3/c1-19-12-10-14-4-2-3-5-17(14)18(19)11-13-23-16-8-6-15(7-9-16)20(21)22/h2-9,18H,10-13H2,1H3. The first-order valence-electron chi connectivity index (χ1n) is 7.80. The molecule has 0 N–H and O–H groups in total. The zero-order valence-electron chi connectivity index (χ0n) is 13.1. The largest absolute Gasteiger partial charge is 0.494 e. The Morgan fingerprint density at radius 3 is 2.70 bits per heavy atom. The second kappa shape index (κ2) is 6.79. The Morgan fingerprint density at radius 1 is 1.22 bits per heavy atom. The van der Waals surface area contributed by atoms with Crippen molar-refractivity contribution in [1.29, 1.82) is 0 Å². The molecule has 1 heterocycles. The summed E-state index contributed by atoms with van der Waals surface area (Å²) in [4.78, 5) is 12.6. The molecule has 0 spiro atoms. The van der Waals surface area contributed by atoms with E-state index in [9.17, 15) is 10.1 Å². The molecule has 23 heavy (non-hydrogen) atoms. The van der Waals surface area contributed by atoms with Gasteiger partial charge in [-0.05, 0) is 36.7 Å². The van der Waals surface area contributed by atoms with Gasteiger partial charge < -0.3 is 4.74 Å². The number of rotatable bonds is 5. The van der Waals surface area contributed by atoms with Crippen LogP contribution in [0.5, 0.6) is 5.75 Å². The Bertz CT molecular complexity index is 685. The predicted molar refractivity (Wildman–Crippen MR) is 88.7 cm³/mol. The smallest absolute Gasteiger partial charge is 0.269 e. The molecule has 2 aromatic rings. The molecule has 0 saturated heterocycles. The predicted octanol–water partition coefficient (Wildman–Crippen LogP) is 3.59. The van der Waals surface area contributed by atoms with E-state index in [-0.39, 0.29) is 5.69 Å². The van der Waals surface area contributed by atoms with Crippen LogP contribution in [0.1, 0.15) is 23.6 Å². The maximum absolute atomic E-state index is 10.6. The van der Waals surface area contributed by atoms with E-state index in [2.05, 4.69) is 36.2 Å². The lowest BCUT2D eigenvalue weighted by Gasteiger charge is -2.34. The third-order valence-electron chi connectivity index (χ3n) is 4.39. The number of nitro groups is 1. The second-order valence-electron chi connectivity index (χ2n) is 5.83. The highest BCUT2D eigenvalue weighted by molar-refractivity contribution is 5.36. The summed E-state index contributed by atoms with van der Waals surface area (Å²) in [6.07, 6.45) is 1.98. The fraction of sp³-hybridized carbons (Fsp3) is 0.333. The summed E-state index contributed by atoms with van der Waals surface area (Å²) in [6, 6.07) is 15.2. The van der Waals surface area contributed by atoms with Crippen LogP contribution in [0.4, 0.5) is 5.69 Å². The number of non-ortho nitro benzene ring substituents is 1. The van der Waals surface area contributed by atoms with Gasteiger partial charge in [0.05, 0.1) is 11.5 Å². The highest BCUT2D eigenvalue weighted by Gasteiger charge is 2.24. The lowest BCUT2D eigenvalue weighted by Crippen LogP contribution is -2.33. The topological polar surface area (TPSA) is 55.6 Å². The molecular formula is C18H20N2O3. The number of fused-ring (bicyclic) bond motifs is 1. The van der Waals surface area contributed by atoms with Crippen LogP contribution in [-0.2, 0) is 6.42 Å². The highest BCUT2D eigenvalue weighted by atomic mass is 16.6. The first-order valence-corrected chi connectivity index (χ1v) is 7.80. The van der Waals surface area contributed by atoms with Crippen molar-refractivity contribution < 1.29 is 9.66 Å². The van der Waals surface area contributed by atoms with Gasteiger partial charge in [-0.1, -0.05) is 24.3 Å². The van der Waals surface area contributed by atoms with Crippen molar-refractivity contribution >= 4 is 5.69 Å². The molecule has 5 heteroatoms. The van der Waals surface area contributed by atoms with Crippen LogP contribution in [0, 0.1) is 10.1 Å². The van der Waals surface area contributed by atoms with Gasteiger partial charge in [0.2, 0.25) is 0 Å². The van der Waals surface area contributed by atoms with Crippen LogP contribution in [-0.4, -0.2) is 30.0 Å². The van der Waals surface area contributed by atoms with Gasteiger partial charge in [0.1, 0.15) is 5.75 Å². The van der Waals surface area contributed by atoms with Crippen LogP contribution < -0.4 is 4.74 Å². The van der Waals surface area contributed by atoms with Gasteiger partial charge in [0.25, 0.3) is 5.69 Å². The number of benzene rings is 2. The molecule has 0 radical (unpaired) electrons. The maximum atomic E-state index is 10.6. The average Bonchev–Trinajstić information content (AvgIpc) is 2.57. The van der Waals surface area contributed by atoms with Crippen molar-refractivity contribution in [3.63, 3.8) is 0 Å². The zero-order valence-corrected chi connectivity index (χ0v) is 13.1. The lowest BCUT2D eigenvalue weighted by molar-refractivity contribution is -0.384. The number of likely N-dealkylation sites (N-methyl/N-ethyl adjacent to an activating group) is 1. The Labute approximate surface area is 135 Å². The molecule has 1 unspecified atom stereocenters. The Balaban J connectivity index is 1.61. The van der Waals surface area contributed by atoms with Crippen LogP contribution >= 0.6 is 0 Å². The fourth-order valence-electron chi connectivity index (χ4n) is 3.11. The Morgan fingerprint density at radius 2 is 1.96 bits per heavy atom. The fourth-order valence-corrected chi connectivity index (χ4v) is 3.11. The molecule has 0 amide bonds. The summed E-state index contributed by atoms with van der Waals surface area (Å²) in [5, 5.41) is 10.6. The number of nitro benzene ring substituents is 1. The van der Waals surface area contributed by atoms with E-state index in [0.29, 0.717) is 18.4 Å². The molecule has 3 rings (SSSR count). The maximum Gasteiger partial charge on any atom is 0.269 e. The number of hydrogen-bond acceptors (Lipinski definition) is 4. The van der Waals surface area contributed by atoms with Crippen LogP contribution in [0.3, 0.4) is 0 Å². The van der Waals surface area contributed by atoms with Gasteiger partial charge in [-0.3, -0.25) is 15.0 Å². The molecule has 120 valence electrons. The van der Waals surface area contributed by atoms with Gasteiger partial charge in [0.15, 0.2) is 0 Å². The second-order valence-corrected chi connectivity index (χ2v) is 5.83. The molecule has 0 fully saturated rings. The SMILES string of the molecule is CN1CCc2ccccc2C1CCOc1ccc([N+](=O)[O-])cc1. The number of nitrogens with zero attached hydrogens (tertiary/aromatic N) is 2.